The summed E-state index contributed by atoms with van der Waals surface area (Å²) >= 11 is 0. The number of rotatable bonds is 3. The predicted octanol–water partition coefficient (Wildman–Crippen LogP) is 2.48. The van der Waals surface area contributed by atoms with Gasteiger partial charge in [-0.2, -0.15) is 0 Å². The number of ether oxygens (including phenoxy) is 2. The first kappa shape index (κ1) is 12.4. The Balaban J connectivity index is 2.71. The van der Waals surface area contributed by atoms with Crippen LogP contribution in [-0.4, -0.2) is 30.2 Å². The fourth-order valence-electron chi connectivity index (χ4n) is 1.80. The molecule has 0 saturated heterocycles. The maximum Gasteiger partial charge on any atom is 0.340 e. The number of fused-ring (bicyclic) bond motifs is 1. The van der Waals surface area contributed by atoms with Gasteiger partial charge in [-0.15, -0.1) is 0 Å². The molecule has 5 nitrogen and oxygen atoms in total. The molecule has 0 radical (unpaired) electrons. The average molecular weight is 248 g/mol. The maximum absolute atomic E-state index is 11.7. The van der Waals surface area contributed by atoms with E-state index in [2.05, 4.69) is 9.97 Å². The first-order valence-electron chi connectivity index (χ1n) is 5.73. The van der Waals surface area contributed by atoms with Gasteiger partial charge in [0.25, 0.3) is 0 Å². The minimum atomic E-state index is -0.399. The Morgan fingerprint density at radius 2 is 2.06 bits per heavy atom. The largest absolute Gasteiger partial charge is 0.494 e. The predicted molar refractivity (Wildman–Crippen MR) is 68.1 cm³/mol. The smallest absolute Gasteiger partial charge is 0.340 e. The highest BCUT2D eigenvalue weighted by molar-refractivity contribution is 6.03. The third kappa shape index (κ3) is 1.92. The Morgan fingerprint density at radius 1 is 1.33 bits per heavy atom. The van der Waals surface area contributed by atoms with Crippen LogP contribution in [0.4, 0.5) is 0 Å². The summed E-state index contributed by atoms with van der Waals surface area (Å²) in [4.78, 5) is 19.3. The van der Waals surface area contributed by atoms with Crippen molar-refractivity contribution in [1.82, 2.24) is 9.97 Å². The van der Waals surface area contributed by atoms with E-state index in [1.165, 1.54) is 7.11 Å². The normalized spacial score (nSPS) is 10.9. The second-order valence-electron chi connectivity index (χ2n) is 4.31. The van der Waals surface area contributed by atoms with Gasteiger partial charge in [0.05, 0.1) is 19.8 Å². The highest BCUT2D eigenvalue weighted by Gasteiger charge is 2.18. The summed E-state index contributed by atoms with van der Waals surface area (Å²) in [5.41, 5.74) is 1.76. The van der Waals surface area contributed by atoms with Crippen molar-refractivity contribution in [1.29, 1.82) is 0 Å². The van der Waals surface area contributed by atoms with Gasteiger partial charge < -0.3 is 14.5 Å². The van der Waals surface area contributed by atoms with E-state index in [1.54, 1.807) is 19.2 Å². The molecule has 2 rings (SSSR count). The quantitative estimate of drug-likeness (QED) is 0.847. The fourth-order valence-corrected chi connectivity index (χ4v) is 1.80. The van der Waals surface area contributed by atoms with Gasteiger partial charge in [-0.25, -0.2) is 9.78 Å². The molecule has 0 aliphatic heterocycles. The summed E-state index contributed by atoms with van der Waals surface area (Å²) < 4.78 is 10.0. The van der Waals surface area contributed by atoms with E-state index < -0.39 is 5.97 Å². The van der Waals surface area contributed by atoms with Gasteiger partial charge in [0.15, 0.2) is 0 Å². The topological polar surface area (TPSA) is 64.2 Å². The van der Waals surface area contributed by atoms with Gasteiger partial charge in [0.1, 0.15) is 22.6 Å². The number of benzene rings is 1. The number of carbonyl (C=O) groups is 1. The fraction of sp³-hybridized carbons (Fsp3) is 0.385. The van der Waals surface area contributed by atoms with Crippen LogP contribution in [0, 0.1) is 0 Å². The number of carbonyl (C=O) groups excluding carboxylic acids is 1. The molecule has 2 aromatic rings. The Labute approximate surface area is 105 Å². The van der Waals surface area contributed by atoms with Crippen LogP contribution < -0.4 is 4.74 Å². The molecule has 0 amide bonds. The van der Waals surface area contributed by atoms with Crippen molar-refractivity contribution in [2.45, 2.75) is 19.8 Å². The van der Waals surface area contributed by atoms with Gasteiger partial charge >= 0.3 is 5.97 Å². The van der Waals surface area contributed by atoms with Crippen molar-refractivity contribution >= 4 is 17.0 Å². The zero-order valence-corrected chi connectivity index (χ0v) is 10.9. The first-order chi connectivity index (χ1) is 8.58. The highest BCUT2D eigenvalue weighted by atomic mass is 16.5. The molecule has 0 spiro atoms. The van der Waals surface area contributed by atoms with Gasteiger partial charge in [-0.1, -0.05) is 13.8 Å². The SMILES string of the molecule is COC(=O)c1ccc(OC)c2[nH]c(C(C)C)nc12. The van der Waals surface area contributed by atoms with E-state index in [-0.39, 0.29) is 5.92 Å². The third-order valence-electron chi connectivity index (χ3n) is 2.80. The van der Waals surface area contributed by atoms with Crippen LogP contribution in [0.5, 0.6) is 5.75 Å². The van der Waals surface area contributed by atoms with E-state index in [4.69, 9.17) is 9.47 Å². The lowest BCUT2D eigenvalue weighted by atomic mass is 10.1. The second kappa shape index (κ2) is 4.68. The molecule has 0 saturated carbocycles. The summed E-state index contributed by atoms with van der Waals surface area (Å²) in [6, 6.07) is 3.40. The molecule has 5 heteroatoms. The lowest BCUT2D eigenvalue weighted by Crippen LogP contribution is -2.02. The van der Waals surface area contributed by atoms with Crippen LogP contribution in [0.2, 0.25) is 0 Å². The molecule has 0 bridgehead atoms. The lowest BCUT2D eigenvalue weighted by Gasteiger charge is -2.04. The molecule has 0 unspecified atom stereocenters. The average Bonchev–Trinajstić information content (AvgIpc) is 2.81. The number of H-pyrrole nitrogens is 1. The Kier molecular flexibility index (Phi) is 3.23. The monoisotopic (exact) mass is 248 g/mol. The number of esters is 1. The van der Waals surface area contributed by atoms with Gasteiger partial charge in [0.2, 0.25) is 0 Å². The van der Waals surface area contributed by atoms with E-state index in [9.17, 15) is 4.79 Å². The Morgan fingerprint density at radius 3 is 2.61 bits per heavy atom. The number of hydrogen-bond donors (Lipinski definition) is 1. The van der Waals surface area contributed by atoms with E-state index in [0.29, 0.717) is 16.8 Å². The van der Waals surface area contributed by atoms with Crippen molar-refractivity contribution < 1.29 is 14.3 Å². The Hall–Kier alpha value is -2.04. The Bertz CT molecular complexity index is 587. The highest BCUT2D eigenvalue weighted by Crippen LogP contribution is 2.28. The number of nitrogens with zero attached hydrogens (tertiary/aromatic N) is 1. The van der Waals surface area contributed by atoms with Gasteiger partial charge in [-0.05, 0) is 12.1 Å². The summed E-state index contributed by atoms with van der Waals surface area (Å²) in [5, 5.41) is 0. The minimum Gasteiger partial charge on any atom is -0.494 e. The van der Waals surface area contributed by atoms with Crippen LogP contribution in [0.15, 0.2) is 12.1 Å². The molecule has 1 aromatic heterocycles. The lowest BCUT2D eigenvalue weighted by molar-refractivity contribution is 0.0603. The summed E-state index contributed by atoms with van der Waals surface area (Å²) in [6.07, 6.45) is 0. The van der Waals surface area contributed by atoms with Crippen molar-refractivity contribution in [3.8, 4) is 5.75 Å². The number of methoxy groups -OCH3 is 2. The molecular formula is C13H16N2O3. The summed E-state index contributed by atoms with van der Waals surface area (Å²) in [6.45, 7) is 4.06. The second-order valence-corrected chi connectivity index (χ2v) is 4.31. The van der Waals surface area contributed by atoms with Gasteiger partial charge in [-0.3, -0.25) is 0 Å². The molecular weight excluding hydrogens is 232 g/mol. The van der Waals surface area contributed by atoms with Gasteiger partial charge in [0, 0.05) is 5.92 Å². The van der Waals surface area contributed by atoms with Crippen LogP contribution in [0.25, 0.3) is 11.0 Å². The van der Waals surface area contributed by atoms with Crippen molar-refractivity contribution in [2.75, 3.05) is 14.2 Å². The van der Waals surface area contributed by atoms with Crippen molar-refractivity contribution in [3.05, 3.63) is 23.5 Å². The van der Waals surface area contributed by atoms with Crippen molar-refractivity contribution in [3.63, 3.8) is 0 Å². The van der Waals surface area contributed by atoms with Crippen LogP contribution >= 0.6 is 0 Å². The van der Waals surface area contributed by atoms with E-state index >= 15 is 0 Å². The standard InChI is InChI=1S/C13H16N2O3/c1-7(2)12-14-10-8(13(16)18-4)5-6-9(17-3)11(10)15-12/h5-7H,1-4H3,(H,14,15). The number of aromatic amines is 1. The summed E-state index contributed by atoms with van der Waals surface area (Å²) in [5.74, 6) is 1.33. The minimum absolute atomic E-state index is 0.243. The van der Waals surface area contributed by atoms with Crippen LogP contribution in [-0.2, 0) is 4.74 Å². The molecule has 1 N–H and O–H groups in total. The van der Waals surface area contributed by atoms with E-state index in [1.807, 2.05) is 13.8 Å². The molecule has 1 aromatic carbocycles. The molecule has 0 fully saturated rings. The zero-order valence-electron chi connectivity index (χ0n) is 10.9. The molecule has 96 valence electrons. The molecule has 0 atom stereocenters. The zero-order chi connectivity index (χ0) is 13.3. The maximum atomic E-state index is 11.7. The number of hydrogen-bond acceptors (Lipinski definition) is 4. The van der Waals surface area contributed by atoms with Crippen LogP contribution in [0.1, 0.15) is 35.9 Å². The summed E-state index contributed by atoms with van der Waals surface area (Å²) in [7, 11) is 2.94. The van der Waals surface area contributed by atoms with Crippen LogP contribution in [0.3, 0.4) is 0 Å². The molecule has 18 heavy (non-hydrogen) atoms. The first-order valence-corrected chi connectivity index (χ1v) is 5.73. The number of nitrogens with one attached hydrogen (secondary N) is 1. The number of aromatic nitrogens is 2. The molecule has 0 aliphatic rings. The molecule has 0 aliphatic carbocycles. The third-order valence-corrected chi connectivity index (χ3v) is 2.80. The number of imidazole rings is 1. The van der Waals surface area contributed by atoms with E-state index in [0.717, 1.165) is 11.3 Å². The molecule has 1 heterocycles. The van der Waals surface area contributed by atoms with Crippen molar-refractivity contribution in [2.24, 2.45) is 0 Å².